The van der Waals surface area contributed by atoms with Gasteiger partial charge in [-0.15, -0.1) is 0 Å². The van der Waals surface area contributed by atoms with E-state index in [2.05, 4.69) is 20.8 Å². The zero-order valence-electron chi connectivity index (χ0n) is 31.6. The van der Waals surface area contributed by atoms with E-state index in [1.807, 2.05) is 0 Å². The van der Waals surface area contributed by atoms with Crippen molar-refractivity contribution in [1.29, 1.82) is 0 Å². The SMILES string of the molecule is CCCCCCCCCCCCCCCCCC(=O)O[C@@H](COC(=O)CCCCCCC)COC(=O)CCCCCCCCCCC. The molecule has 0 unspecified atom stereocenters. The molecule has 0 saturated carbocycles. The lowest BCUT2D eigenvalue weighted by Crippen LogP contribution is -2.30. The number of carbonyl (C=O) groups is 3. The van der Waals surface area contributed by atoms with E-state index in [-0.39, 0.29) is 31.1 Å². The number of hydrogen-bond donors (Lipinski definition) is 0. The van der Waals surface area contributed by atoms with Gasteiger partial charge in [0.1, 0.15) is 13.2 Å². The third-order valence-corrected chi connectivity index (χ3v) is 9.11. The van der Waals surface area contributed by atoms with E-state index in [9.17, 15) is 14.4 Å². The van der Waals surface area contributed by atoms with Gasteiger partial charge in [-0.2, -0.15) is 0 Å². The normalized spacial score (nSPS) is 11.8. The number of unbranched alkanes of at least 4 members (excludes halogenated alkanes) is 26. The molecule has 0 aliphatic heterocycles. The van der Waals surface area contributed by atoms with E-state index in [1.165, 1.54) is 122 Å². The summed E-state index contributed by atoms with van der Waals surface area (Å²) in [6.45, 7) is 6.54. The molecule has 0 aromatic carbocycles. The zero-order chi connectivity index (χ0) is 34.5. The van der Waals surface area contributed by atoms with Crippen LogP contribution in [-0.2, 0) is 28.6 Å². The van der Waals surface area contributed by atoms with Crippen LogP contribution in [0, 0.1) is 0 Å². The minimum Gasteiger partial charge on any atom is -0.462 e. The van der Waals surface area contributed by atoms with Crippen molar-refractivity contribution in [3.8, 4) is 0 Å². The lowest BCUT2D eigenvalue weighted by atomic mass is 10.0. The van der Waals surface area contributed by atoms with E-state index in [1.54, 1.807) is 0 Å². The fourth-order valence-corrected chi connectivity index (χ4v) is 5.97. The molecule has 47 heavy (non-hydrogen) atoms. The average Bonchev–Trinajstić information content (AvgIpc) is 3.06. The van der Waals surface area contributed by atoms with Gasteiger partial charge in [0.15, 0.2) is 6.10 Å². The molecule has 0 aliphatic carbocycles. The molecule has 6 heteroatoms. The molecule has 0 heterocycles. The van der Waals surface area contributed by atoms with Gasteiger partial charge >= 0.3 is 17.9 Å². The number of esters is 3. The average molecular weight is 667 g/mol. The Morgan fingerprint density at radius 1 is 0.340 bits per heavy atom. The largest absolute Gasteiger partial charge is 0.462 e. The quantitative estimate of drug-likeness (QED) is 0.0373. The third-order valence-electron chi connectivity index (χ3n) is 9.11. The predicted octanol–water partition coefficient (Wildman–Crippen LogP) is 12.5. The fraction of sp³-hybridized carbons (Fsp3) is 0.927. The maximum atomic E-state index is 12.6. The first-order valence-electron chi connectivity index (χ1n) is 20.5. The molecule has 278 valence electrons. The molecule has 0 aliphatic rings. The highest BCUT2D eigenvalue weighted by Gasteiger charge is 2.19. The Morgan fingerprint density at radius 2 is 0.574 bits per heavy atom. The minimum atomic E-state index is -0.755. The van der Waals surface area contributed by atoms with E-state index < -0.39 is 6.10 Å². The molecule has 0 bridgehead atoms. The molecule has 0 aromatic heterocycles. The third kappa shape index (κ3) is 35.5. The molecule has 0 N–H and O–H groups in total. The fourth-order valence-electron chi connectivity index (χ4n) is 5.97. The summed E-state index contributed by atoms with van der Waals surface area (Å²) >= 11 is 0. The van der Waals surface area contributed by atoms with Crippen LogP contribution in [0.2, 0.25) is 0 Å². The highest BCUT2D eigenvalue weighted by molar-refractivity contribution is 5.71. The van der Waals surface area contributed by atoms with Gasteiger partial charge in [0.2, 0.25) is 0 Å². The number of carbonyl (C=O) groups excluding carboxylic acids is 3. The van der Waals surface area contributed by atoms with E-state index in [4.69, 9.17) is 14.2 Å². The van der Waals surface area contributed by atoms with Crippen LogP contribution >= 0.6 is 0 Å². The van der Waals surface area contributed by atoms with Crippen LogP contribution in [0.5, 0.6) is 0 Å². The summed E-state index contributed by atoms with van der Waals surface area (Å²) in [5, 5.41) is 0. The maximum absolute atomic E-state index is 12.6. The number of ether oxygens (including phenoxy) is 3. The van der Waals surface area contributed by atoms with Crippen molar-refractivity contribution in [2.45, 2.75) is 232 Å². The van der Waals surface area contributed by atoms with Crippen LogP contribution in [0.15, 0.2) is 0 Å². The summed E-state index contributed by atoms with van der Waals surface area (Å²) in [5.74, 6) is -0.875. The van der Waals surface area contributed by atoms with Gasteiger partial charge in [-0.05, 0) is 19.3 Å². The van der Waals surface area contributed by atoms with Gasteiger partial charge in [-0.1, -0.05) is 188 Å². The summed E-state index contributed by atoms with van der Waals surface area (Å²) in [6.07, 6.45) is 35.4. The van der Waals surface area contributed by atoms with Gasteiger partial charge in [0.25, 0.3) is 0 Å². The van der Waals surface area contributed by atoms with E-state index in [0.717, 1.165) is 64.2 Å². The highest BCUT2D eigenvalue weighted by Crippen LogP contribution is 2.15. The second-order valence-corrected chi connectivity index (χ2v) is 13.9. The Morgan fingerprint density at radius 3 is 0.851 bits per heavy atom. The van der Waals surface area contributed by atoms with Crippen molar-refractivity contribution in [3.05, 3.63) is 0 Å². The summed E-state index contributed by atoms with van der Waals surface area (Å²) in [4.78, 5) is 37.2. The van der Waals surface area contributed by atoms with Crippen LogP contribution in [0.4, 0.5) is 0 Å². The second kappa shape index (κ2) is 37.2. The maximum Gasteiger partial charge on any atom is 0.306 e. The van der Waals surface area contributed by atoms with Crippen LogP contribution in [-0.4, -0.2) is 37.2 Å². The first-order valence-corrected chi connectivity index (χ1v) is 20.5. The summed E-state index contributed by atoms with van der Waals surface area (Å²) in [5.41, 5.74) is 0. The van der Waals surface area contributed by atoms with Crippen molar-refractivity contribution in [1.82, 2.24) is 0 Å². The number of rotatable bonds is 37. The first kappa shape index (κ1) is 45.4. The molecule has 0 rings (SSSR count). The highest BCUT2D eigenvalue weighted by atomic mass is 16.6. The smallest absolute Gasteiger partial charge is 0.306 e. The summed E-state index contributed by atoms with van der Waals surface area (Å²) < 4.78 is 16.5. The Balaban J connectivity index is 4.20. The van der Waals surface area contributed by atoms with Gasteiger partial charge in [-0.3, -0.25) is 14.4 Å². The van der Waals surface area contributed by atoms with Crippen molar-refractivity contribution < 1.29 is 28.6 Å². The Kier molecular flexibility index (Phi) is 36.0. The van der Waals surface area contributed by atoms with Gasteiger partial charge in [-0.25, -0.2) is 0 Å². The van der Waals surface area contributed by atoms with Crippen LogP contribution < -0.4 is 0 Å². The molecule has 0 amide bonds. The Labute approximate surface area is 291 Å². The molecule has 1 atom stereocenters. The zero-order valence-corrected chi connectivity index (χ0v) is 31.6. The summed E-state index contributed by atoms with van der Waals surface area (Å²) in [6, 6.07) is 0. The molecule has 0 fully saturated rings. The van der Waals surface area contributed by atoms with Gasteiger partial charge in [0, 0.05) is 19.3 Å². The number of hydrogen-bond acceptors (Lipinski definition) is 6. The van der Waals surface area contributed by atoms with Crippen molar-refractivity contribution >= 4 is 17.9 Å². The molecule has 0 spiro atoms. The van der Waals surface area contributed by atoms with E-state index >= 15 is 0 Å². The predicted molar refractivity (Wildman–Crippen MR) is 197 cm³/mol. The Hall–Kier alpha value is -1.59. The molecular formula is C41H78O6. The van der Waals surface area contributed by atoms with Gasteiger partial charge < -0.3 is 14.2 Å². The van der Waals surface area contributed by atoms with Crippen LogP contribution in [0.3, 0.4) is 0 Å². The van der Waals surface area contributed by atoms with Crippen LogP contribution in [0.25, 0.3) is 0 Å². The first-order chi connectivity index (χ1) is 23.0. The lowest BCUT2D eigenvalue weighted by Gasteiger charge is -2.18. The standard InChI is InChI=1S/C41H78O6/c1-4-7-10-13-15-17-18-19-20-21-22-24-26-29-32-35-41(44)47-38(36-45-39(42)33-30-27-12-9-6-3)37-46-40(43)34-31-28-25-23-16-14-11-8-5-2/h38H,4-37H2,1-3H3/t38-/m0/s1. The van der Waals surface area contributed by atoms with Crippen molar-refractivity contribution in [2.24, 2.45) is 0 Å². The monoisotopic (exact) mass is 667 g/mol. The van der Waals surface area contributed by atoms with Crippen molar-refractivity contribution in [3.63, 3.8) is 0 Å². The lowest BCUT2D eigenvalue weighted by molar-refractivity contribution is -0.167. The molecule has 0 saturated heterocycles. The summed E-state index contributed by atoms with van der Waals surface area (Å²) in [7, 11) is 0. The van der Waals surface area contributed by atoms with Crippen LogP contribution in [0.1, 0.15) is 226 Å². The van der Waals surface area contributed by atoms with Gasteiger partial charge in [0.05, 0.1) is 0 Å². The Bertz CT molecular complexity index is 693. The van der Waals surface area contributed by atoms with E-state index in [0.29, 0.717) is 19.3 Å². The van der Waals surface area contributed by atoms with Crippen molar-refractivity contribution in [2.75, 3.05) is 13.2 Å². The molecule has 0 aromatic rings. The minimum absolute atomic E-state index is 0.0648. The molecule has 0 radical (unpaired) electrons. The topological polar surface area (TPSA) is 78.9 Å². The second-order valence-electron chi connectivity index (χ2n) is 13.9. The molecule has 6 nitrogen and oxygen atoms in total. The molecular weight excluding hydrogens is 588 g/mol.